The van der Waals surface area contributed by atoms with E-state index in [9.17, 15) is 20.2 Å². The molecule has 3 aromatic rings. The van der Waals surface area contributed by atoms with E-state index in [0.29, 0.717) is 24.2 Å². The predicted octanol–water partition coefficient (Wildman–Crippen LogP) is 3.53. The van der Waals surface area contributed by atoms with Crippen molar-refractivity contribution in [1.29, 1.82) is 5.26 Å². The van der Waals surface area contributed by atoms with E-state index in [1.54, 1.807) is 23.6 Å². The molecule has 4 rings (SSSR count). The van der Waals surface area contributed by atoms with E-state index in [4.69, 9.17) is 10.5 Å². The number of fused-ring (bicyclic) bond motifs is 1. The molecule has 2 aromatic carbocycles. The number of pyridine rings is 1. The van der Waals surface area contributed by atoms with Gasteiger partial charge in [-0.2, -0.15) is 5.26 Å². The van der Waals surface area contributed by atoms with Crippen LogP contribution in [0.1, 0.15) is 28.3 Å². The number of non-ortho nitro benzene ring substituents is 1. The molecule has 1 aliphatic heterocycles. The van der Waals surface area contributed by atoms with Gasteiger partial charge in [0.25, 0.3) is 11.2 Å². The third-order valence-electron chi connectivity index (χ3n) is 5.57. The highest BCUT2D eigenvalue weighted by Gasteiger charge is 2.35. The minimum Gasteiger partial charge on any atom is -0.440 e. The molecule has 0 spiro atoms. The van der Waals surface area contributed by atoms with Crippen LogP contribution in [0.4, 0.5) is 5.69 Å². The Morgan fingerprint density at radius 2 is 1.94 bits per heavy atom. The second kappa shape index (κ2) is 8.40. The number of nitrogens with zero attached hydrogens (tertiary/aromatic N) is 3. The van der Waals surface area contributed by atoms with Gasteiger partial charge < -0.3 is 15.0 Å². The van der Waals surface area contributed by atoms with Crippen molar-refractivity contribution in [3.8, 4) is 11.8 Å². The summed E-state index contributed by atoms with van der Waals surface area (Å²) in [5.41, 5.74) is 8.05. The first kappa shape index (κ1) is 20.9. The van der Waals surface area contributed by atoms with E-state index in [1.165, 1.54) is 18.2 Å². The molecule has 1 atom stereocenters. The summed E-state index contributed by atoms with van der Waals surface area (Å²) < 4.78 is 7.27. The summed E-state index contributed by atoms with van der Waals surface area (Å²) in [7, 11) is 0. The number of hydrogen-bond donors (Lipinski definition) is 1. The molecule has 1 aromatic heterocycles. The van der Waals surface area contributed by atoms with Gasteiger partial charge in [-0.25, -0.2) is 0 Å². The van der Waals surface area contributed by atoms with Crippen molar-refractivity contribution in [3.63, 3.8) is 0 Å². The fraction of sp³-hybridized carbons (Fsp3) is 0.167. The van der Waals surface area contributed by atoms with Crippen LogP contribution in [0.3, 0.4) is 0 Å². The van der Waals surface area contributed by atoms with Crippen molar-refractivity contribution in [2.75, 3.05) is 0 Å². The van der Waals surface area contributed by atoms with Crippen LogP contribution in [0.15, 0.2) is 76.9 Å². The fourth-order valence-electron chi connectivity index (χ4n) is 4.00. The lowest BCUT2D eigenvalue weighted by molar-refractivity contribution is -0.384. The number of aromatic nitrogens is 1. The van der Waals surface area contributed by atoms with Crippen LogP contribution in [-0.4, -0.2) is 9.49 Å². The van der Waals surface area contributed by atoms with E-state index in [1.807, 2.05) is 36.4 Å². The highest BCUT2D eigenvalue weighted by molar-refractivity contribution is 5.56. The summed E-state index contributed by atoms with van der Waals surface area (Å²) in [4.78, 5) is 24.4. The highest BCUT2D eigenvalue weighted by Crippen LogP contribution is 2.41. The molecule has 2 heterocycles. The van der Waals surface area contributed by atoms with Crippen molar-refractivity contribution in [2.45, 2.75) is 25.8 Å². The van der Waals surface area contributed by atoms with Crippen LogP contribution in [0.25, 0.3) is 0 Å². The Balaban J connectivity index is 1.86. The Morgan fingerprint density at radius 1 is 1.19 bits per heavy atom. The fourth-order valence-corrected chi connectivity index (χ4v) is 4.00. The number of nitro benzene ring substituents is 1. The number of allylic oxidation sites excluding steroid dienone is 1. The zero-order valence-electron chi connectivity index (χ0n) is 17.3. The number of aryl methyl sites for hydroxylation is 2. The second-order valence-electron chi connectivity index (χ2n) is 7.53. The third-order valence-corrected chi connectivity index (χ3v) is 5.57. The van der Waals surface area contributed by atoms with Crippen molar-refractivity contribution in [3.05, 3.63) is 115 Å². The van der Waals surface area contributed by atoms with E-state index < -0.39 is 10.8 Å². The lowest BCUT2D eigenvalue weighted by Gasteiger charge is -2.27. The number of rotatable bonds is 5. The Bertz CT molecular complexity index is 1340. The Labute approximate surface area is 183 Å². The zero-order chi connectivity index (χ0) is 22.8. The average Bonchev–Trinajstić information content (AvgIpc) is 2.78. The molecule has 8 nitrogen and oxygen atoms in total. The maximum absolute atomic E-state index is 13.6. The Kier molecular flexibility index (Phi) is 5.48. The van der Waals surface area contributed by atoms with E-state index in [0.717, 1.165) is 5.56 Å². The van der Waals surface area contributed by atoms with Gasteiger partial charge in [0.1, 0.15) is 17.4 Å². The molecule has 0 saturated carbocycles. The lowest BCUT2D eigenvalue weighted by atomic mass is 9.84. The molecule has 0 fully saturated rings. The van der Waals surface area contributed by atoms with Crippen molar-refractivity contribution < 1.29 is 9.66 Å². The SMILES string of the molecule is Cc1cc2c(c(=O)n1CCc1ccccc1)[C@H](c1cccc([N+](=O)[O-])c1)C(C#N)=C(N)O2. The van der Waals surface area contributed by atoms with Crippen LogP contribution in [0.5, 0.6) is 5.75 Å². The third kappa shape index (κ3) is 3.72. The minimum absolute atomic E-state index is 0.0496. The van der Waals surface area contributed by atoms with E-state index in [-0.39, 0.29) is 34.0 Å². The average molecular weight is 428 g/mol. The van der Waals surface area contributed by atoms with Crippen LogP contribution in [0, 0.1) is 28.4 Å². The minimum atomic E-state index is -0.861. The van der Waals surface area contributed by atoms with Crippen molar-refractivity contribution in [2.24, 2.45) is 5.73 Å². The maximum Gasteiger partial charge on any atom is 0.269 e. The molecule has 0 saturated heterocycles. The molecule has 160 valence electrons. The molecule has 8 heteroatoms. The first-order valence-electron chi connectivity index (χ1n) is 10.0. The van der Waals surface area contributed by atoms with Gasteiger partial charge >= 0.3 is 0 Å². The first-order valence-corrected chi connectivity index (χ1v) is 10.0. The number of nitrogens with two attached hydrogens (primary N) is 1. The summed E-state index contributed by atoms with van der Waals surface area (Å²) in [6.07, 6.45) is 0.645. The molecular weight excluding hydrogens is 408 g/mol. The molecule has 0 amide bonds. The molecule has 0 aliphatic carbocycles. The van der Waals surface area contributed by atoms with Gasteiger partial charge in [0.15, 0.2) is 0 Å². The van der Waals surface area contributed by atoms with Crippen LogP contribution in [0.2, 0.25) is 0 Å². The smallest absolute Gasteiger partial charge is 0.269 e. The molecule has 2 N–H and O–H groups in total. The van der Waals surface area contributed by atoms with Crippen molar-refractivity contribution >= 4 is 5.69 Å². The van der Waals surface area contributed by atoms with Crippen molar-refractivity contribution in [1.82, 2.24) is 4.57 Å². The number of hydrogen-bond acceptors (Lipinski definition) is 6. The second-order valence-corrected chi connectivity index (χ2v) is 7.53. The normalized spacial score (nSPS) is 14.9. The van der Waals surface area contributed by atoms with Gasteiger partial charge in [0, 0.05) is 30.4 Å². The quantitative estimate of drug-likeness (QED) is 0.490. The number of nitro groups is 1. The maximum atomic E-state index is 13.6. The van der Waals surface area contributed by atoms with Gasteiger partial charge in [0.2, 0.25) is 5.88 Å². The van der Waals surface area contributed by atoms with Crippen LogP contribution in [-0.2, 0) is 13.0 Å². The molecule has 1 aliphatic rings. The molecular formula is C24H20N4O4. The van der Waals surface area contributed by atoms with Gasteiger partial charge in [-0.1, -0.05) is 42.5 Å². The van der Waals surface area contributed by atoms with Gasteiger partial charge in [0.05, 0.1) is 16.4 Å². The van der Waals surface area contributed by atoms with E-state index >= 15 is 0 Å². The predicted molar refractivity (Wildman–Crippen MR) is 118 cm³/mol. The van der Waals surface area contributed by atoms with Crippen LogP contribution >= 0.6 is 0 Å². The first-order chi connectivity index (χ1) is 15.4. The Hall–Kier alpha value is -4.38. The van der Waals surface area contributed by atoms with Crippen LogP contribution < -0.4 is 16.0 Å². The molecule has 0 radical (unpaired) electrons. The van der Waals surface area contributed by atoms with Gasteiger partial charge in [-0.05, 0) is 24.5 Å². The number of benzene rings is 2. The molecule has 32 heavy (non-hydrogen) atoms. The topological polar surface area (TPSA) is 124 Å². The van der Waals surface area contributed by atoms with Gasteiger partial charge in [-0.15, -0.1) is 0 Å². The standard InChI is InChI=1S/C24H20N4O4/c1-15-12-20-22(24(29)27(15)11-10-16-6-3-2-4-7-16)21(19(14-25)23(26)32-20)17-8-5-9-18(13-17)28(30)31/h2-9,12-13,21H,10-11,26H2,1H3/t21-/m1/s1. The summed E-state index contributed by atoms with van der Waals surface area (Å²) in [6.45, 7) is 2.24. The number of ether oxygens (including phenoxy) is 1. The lowest BCUT2D eigenvalue weighted by Crippen LogP contribution is -2.33. The summed E-state index contributed by atoms with van der Waals surface area (Å²) >= 11 is 0. The number of nitriles is 1. The summed E-state index contributed by atoms with van der Waals surface area (Å²) in [6, 6.07) is 19.4. The van der Waals surface area contributed by atoms with Gasteiger partial charge in [-0.3, -0.25) is 14.9 Å². The largest absolute Gasteiger partial charge is 0.440 e. The molecule has 0 bridgehead atoms. The summed E-state index contributed by atoms with van der Waals surface area (Å²) in [5, 5.41) is 21.0. The summed E-state index contributed by atoms with van der Waals surface area (Å²) in [5.74, 6) is -0.714. The Morgan fingerprint density at radius 3 is 2.62 bits per heavy atom. The molecule has 0 unspecified atom stereocenters. The zero-order valence-corrected chi connectivity index (χ0v) is 17.3. The van der Waals surface area contributed by atoms with E-state index in [2.05, 4.69) is 0 Å². The monoisotopic (exact) mass is 428 g/mol. The highest BCUT2D eigenvalue weighted by atomic mass is 16.6.